The van der Waals surface area contributed by atoms with Gasteiger partial charge in [-0.25, -0.2) is 0 Å². The Morgan fingerprint density at radius 3 is 2.29 bits per heavy atom. The SMILES string of the molecule is Cc1ccc(CCN(CC(F)(F)F)C(=O)CCN)cc1.Cl. The standard InChI is InChI=1S/C14H19F3N2O.ClH/c1-11-2-4-12(5-3-11)7-9-19(10-14(15,16)17)13(20)6-8-18;/h2-5H,6-10,18H2,1H3;1H. The highest BCUT2D eigenvalue weighted by Gasteiger charge is 2.32. The molecule has 0 bridgehead atoms. The van der Waals surface area contributed by atoms with E-state index < -0.39 is 18.6 Å². The number of nitrogens with zero attached hydrogens (tertiary/aromatic N) is 1. The van der Waals surface area contributed by atoms with Crippen molar-refractivity contribution in [2.75, 3.05) is 19.6 Å². The van der Waals surface area contributed by atoms with Crippen molar-refractivity contribution >= 4 is 18.3 Å². The smallest absolute Gasteiger partial charge is 0.333 e. The molecule has 21 heavy (non-hydrogen) atoms. The van der Waals surface area contributed by atoms with Gasteiger partial charge in [0.25, 0.3) is 0 Å². The Bertz CT molecular complexity index is 435. The van der Waals surface area contributed by atoms with Crippen molar-refractivity contribution in [2.24, 2.45) is 5.73 Å². The van der Waals surface area contributed by atoms with Gasteiger partial charge < -0.3 is 10.6 Å². The Balaban J connectivity index is 0.00000400. The molecule has 2 N–H and O–H groups in total. The third kappa shape index (κ3) is 7.92. The molecule has 0 saturated carbocycles. The molecule has 1 aromatic carbocycles. The number of carbonyl (C=O) groups excluding carboxylic acids is 1. The second kappa shape index (κ2) is 8.89. The van der Waals surface area contributed by atoms with E-state index in [9.17, 15) is 18.0 Å². The van der Waals surface area contributed by atoms with Crippen LogP contribution in [0, 0.1) is 6.92 Å². The number of carbonyl (C=O) groups is 1. The maximum absolute atomic E-state index is 12.5. The number of rotatable bonds is 6. The molecule has 0 aliphatic carbocycles. The molecule has 0 radical (unpaired) electrons. The molecule has 0 atom stereocenters. The number of aryl methyl sites for hydroxylation is 1. The lowest BCUT2D eigenvalue weighted by atomic mass is 10.1. The van der Waals surface area contributed by atoms with Gasteiger partial charge in [0.2, 0.25) is 5.91 Å². The van der Waals surface area contributed by atoms with Crippen molar-refractivity contribution in [1.29, 1.82) is 0 Å². The van der Waals surface area contributed by atoms with Gasteiger partial charge in [-0.2, -0.15) is 13.2 Å². The predicted molar refractivity (Wildman–Crippen MR) is 78.4 cm³/mol. The second-order valence-electron chi connectivity index (χ2n) is 4.70. The van der Waals surface area contributed by atoms with Crippen LogP contribution in [0.25, 0.3) is 0 Å². The number of amides is 1. The van der Waals surface area contributed by atoms with Crippen molar-refractivity contribution in [3.63, 3.8) is 0 Å². The first kappa shape index (κ1) is 19.7. The zero-order chi connectivity index (χ0) is 15.2. The third-order valence-electron chi connectivity index (χ3n) is 2.87. The fourth-order valence-electron chi connectivity index (χ4n) is 1.81. The monoisotopic (exact) mass is 324 g/mol. The molecule has 0 aliphatic rings. The molecular formula is C14H20ClF3N2O. The summed E-state index contributed by atoms with van der Waals surface area (Å²) in [5.41, 5.74) is 7.22. The summed E-state index contributed by atoms with van der Waals surface area (Å²) in [6.45, 7) is 0.807. The first-order chi connectivity index (χ1) is 9.31. The Morgan fingerprint density at radius 2 is 1.81 bits per heavy atom. The van der Waals surface area contributed by atoms with Gasteiger partial charge in [0.05, 0.1) is 0 Å². The summed E-state index contributed by atoms with van der Waals surface area (Å²) in [4.78, 5) is 12.5. The minimum absolute atomic E-state index is 0. The van der Waals surface area contributed by atoms with Crippen molar-refractivity contribution in [1.82, 2.24) is 4.90 Å². The summed E-state index contributed by atoms with van der Waals surface area (Å²) < 4.78 is 37.4. The van der Waals surface area contributed by atoms with Crippen molar-refractivity contribution in [3.8, 4) is 0 Å². The molecule has 0 spiro atoms. The van der Waals surface area contributed by atoms with E-state index in [4.69, 9.17) is 5.73 Å². The van der Waals surface area contributed by atoms with Gasteiger partial charge in [-0.05, 0) is 18.9 Å². The van der Waals surface area contributed by atoms with Crippen LogP contribution in [0.1, 0.15) is 17.5 Å². The summed E-state index contributed by atoms with van der Waals surface area (Å²) in [5, 5.41) is 0. The number of benzene rings is 1. The van der Waals surface area contributed by atoms with Crippen molar-refractivity contribution < 1.29 is 18.0 Å². The van der Waals surface area contributed by atoms with E-state index in [0.717, 1.165) is 16.0 Å². The molecular weight excluding hydrogens is 305 g/mol. The average molecular weight is 325 g/mol. The number of nitrogens with two attached hydrogens (primary N) is 1. The lowest BCUT2D eigenvalue weighted by molar-refractivity contribution is -0.161. The Kier molecular flexibility index (Phi) is 8.36. The van der Waals surface area contributed by atoms with E-state index in [0.29, 0.717) is 6.42 Å². The zero-order valence-electron chi connectivity index (χ0n) is 11.8. The van der Waals surface area contributed by atoms with Gasteiger partial charge in [0.15, 0.2) is 0 Å². The quantitative estimate of drug-likeness (QED) is 0.874. The summed E-state index contributed by atoms with van der Waals surface area (Å²) in [6.07, 6.45) is -4.06. The fraction of sp³-hybridized carbons (Fsp3) is 0.500. The largest absolute Gasteiger partial charge is 0.406 e. The first-order valence-corrected chi connectivity index (χ1v) is 6.42. The van der Waals surface area contributed by atoms with Crippen LogP contribution in [0.5, 0.6) is 0 Å². The molecule has 0 aliphatic heterocycles. The van der Waals surface area contributed by atoms with Crippen LogP contribution < -0.4 is 5.73 Å². The molecule has 7 heteroatoms. The van der Waals surface area contributed by atoms with Gasteiger partial charge in [0, 0.05) is 19.5 Å². The molecule has 0 fully saturated rings. The lowest BCUT2D eigenvalue weighted by Gasteiger charge is -2.24. The van der Waals surface area contributed by atoms with Gasteiger partial charge in [-0.3, -0.25) is 4.79 Å². The van der Waals surface area contributed by atoms with Gasteiger partial charge in [-0.1, -0.05) is 29.8 Å². The van der Waals surface area contributed by atoms with Crippen molar-refractivity contribution in [3.05, 3.63) is 35.4 Å². The molecule has 1 amide bonds. The van der Waals surface area contributed by atoms with Gasteiger partial charge in [-0.15, -0.1) is 12.4 Å². The highest BCUT2D eigenvalue weighted by molar-refractivity contribution is 5.85. The fourth-order valence-corrected chi connectivity index (χ4v) is 1.81. The van der Waals surface area contributed by atoms with Crippen LogP contribution in [0.2, 0.25) is 0 Å². The van der Waals surface area contributed by atoms with Crippen LogP contribution >= 0.6 is 12.4 Å². The Labute approximate surface area is 128 Å². The van der Waals surface area contributed by atoms with Crippen LogP contribution in [0.4, 0.5) is 13.2 Å². The van der Waals surface area contributed by atoms with E-state index in [2.05, 4.69) is 0 Å². The van der Waals surface area contributed by atoms with Crippen LogP contribution in [-0.4, -0.2) is 36.6 Å². The van der Waals surface area contributed by atoms with Crippen LogP contribution in [0.3, 0.4) is 0 Å². The minimum Gasteiger partial charge on any atom is -0.333 e. The maximum atomic E-state index is 12.5. The predicted octanol–water partition coefficient (Wildman–Crippen LogP) is 2.70. The van der Waals surface area contributed by atoms with Crippen molar-refractivity contribution in [2.45, 2.75) is 25.9 Å². The van der Waals surface area contributed by atoms with E-state index in [1.165, 1.54) is 0 Å². The lowest BCUT2D eigenvalue weighted by Crippen LogP contribution is -2.40. The topological polar surface area (TPSA) is 46.3 Å². The second-order valence-corrected chi connectivity index (χ2v) is 4.70. The normalized spacial score (nSPS) is 10.9. The average Bonchev–Trinajstić information content (AvgIpc) is 2.35. The van der Waals surface area contributed by atoms with E-state index >= 15 is 0 Å². The number of halogens is 4. The Morgan fingerprint density at radius 1 is 1.24 bits per heavy atom. The molecule has 0 saturated heterocycles. The molecule has 3 nitrogen and oxygen atoms in total. The zero-order valence-corrected chi connectivity index (χ0v) is 12.6. The molecule has 1 rings (SSSR count). The molecule has 120 valence electrons. The number of hydrogen-bond donors (Lipinski definition) is 1. The highest BCUT2D eigenvalue weighted by atomic mass is 35.5. The molecule has 1 aromatic rings. The van der Waals surface area contributed by atoms with Gasteiger partial charge >= 0.3 is 6.18 Å². The van der Waals surface area contributed by atoms with Crippen LogP contribution in [-0.2, 0) is 11.2 Å². The number of hydrogen-bond acceptors (Lipinski definition) is 2. The Hall–Kier alpha value is -1.27. The maximum Gasteiger partial charge on any atom is 0.406 e. The van der Waals surface area contributed by atoms with Gasteiger partial charge in [0.1, 0.15) is 6.54 Å². The molecule has 0 aromatic heterocycles. The summed E-state index contributed by atoms with van der Waals surface area (Å²) in [5.74, 6) is -0.558. The third-order valence-corrected chi connectivity index (χ3v) is 2.87. The summed E-state index contributed by atoms with van der Waals surface area (Å²) >= 11 is 0. The van der Waals surface area contributed by atoms with E-state index in [1.807, 2.05) is 31.2 Å². The highest BCUT2D eigenvalue weighted by Crippen LogP contribution is 2.17. The van der Waals surface area contributed by atoms with E-state index in [1.54, 1.807) is 0 Å². The summed E-state index contributed by atoms with van der Waals surface area (Å²) in [6, 6.07) is 7.50. The van der Waals surface area contributed by atoms with E-state index in [-0.39, 0.29) is 31.9 Å². The first-order valence-electron chi connectivity index (χ1n) is 6.42. The van der Waals surface area contributed by atoms with Crippen LogP contribution in [0.15, 0.2) is 24.3 Å². The molecule has 0 unspecified atom stereocenters. The minimum atomic E-state index is -4.39. The summed E-state index contributed by atoms with van der Waals surface area (Å²) in [7, 11) is 0. The number of alkyl halides is 3. The molecule has 0 heterocycles.